The number of hydrogen-bond acceptors (Lipinski definition) is 5. The molecule has 1 rings (SSSR count). The molecule has 0 aromatic heterocycles. The van der Waals surface area contributed by atoms with Crippen LogP contribution < -0.4 is 4.72 Å². The van der Waals surface area contributed by atoms with E-state index in [2.05, 4.69) is 0 Å². The molecule has 0 radical (unpaired) electrons. The summed E-state index contributed by atoms with van der Waals surface area (Å²) in [5.74, 6) is -0.570. The summed E-state index contributed by atoms with van der Waals surface area (Å²) in [6, 6.07) is 2.96. The van der Waals surface area contributed by atoms with Crippen LogP contribution in [-0.4, -0.2) is 19.2 Å². The average molecular weight is 335 g/mol. The topological polar surface area (TPSA) is 106 Å². The maximum Gasteiger partial charge on any atom is 0.287 e. The first kappa shape index (κ1) is 17.4. The van der Waals surface area contributed by atoms with E-state index in [4.69, 9.17) is 11.6 Å². The molecular formula is C12H15ClN2O5S. The number of rotatable bonds is 6. The molecule has 1 amide bonds. The van der Waals surface area contributed by atoms with Crippen molar-refractivity contribution in [1.82, 2.24) is 4.72 Å². The van der Waals surface area contributed by atoms with Crippen LogP contribution in [0.25, 0.3) is 0 Å². The summed E-state index contributed by atoms with van der Waals surface area (Å²) < 4.78 is 25.9. The SMILES string of the molecule is CC[C@H](C)CC(=O)NS(=O)(=O)c1ccc([N+](=O)[O-])c(Cl)c1. The monoisotopic (exact) mass is 334 g/mol. The zero-order chi connectivity index (χ0) is 16.2. The highest BCUT2D eigenvalue weighted by molar-refractivity contribution is 7.90. The third-order valence-electron chi connectivity index (χ3n) is 2.91. The highest BCUT2D eigenvalue weighted by Gasteiger charge is 2.22. The molecule has 1 aromatic carbocycles. The number of nitro benzene ring substituents is 1. The van der Waals surface area contributed by atoms with Crippen molar-refractivity contribution in [2.75, 3.05) is 0 Å². The second kappa shape index (κ2) is 6.86. The van der Waals surface area contributed by atoms with Gasteiger partial charge in [0.25, 0.3) is 15.7 Å². The zero-order valence-electron chi connectivity index (χ0n) is 11.5. The summed E-state index contributed by atoms with van der Waals surface area (Å²) in [6.07, 6.45) is 0.827. The molecule has 21 heavy (non-hydrogen) atoms. The number of carbonyl (C=O) groups excluding carboxylic acids is 1. The van der Waals surface area contributed by atoms with Crippen LogP contribution in [-0.2, 0) is 14.8 Å². The molecule has 0 saturated heterocycles. The maximum absolute atomic E-state index is 12.0. The normalized spacial score (nSPS) is 12.7. The van der Waals surface area contributed by atoms with Crippen LogP contribution in [0.3, 0.4) is 0 Å². The second-order valence-electron chi connectivity index (χ2n) is 4.62. The molecule has 7 nitrogen and oxygen atoms in total. The van der Waals surface area contributed by atoms with Gasteiger partial charge in [0.15, 0.2) is 0 Å². The molecule has 0 fully saturated rings. The van der Waals surface area contributed by atoms with Crippen molar-refractivity contribution >= 4 is 33.2 Å². The quantitative estimate of drug-likeness (QED) is 0.635. The van der Waals surface area contributed by atoms with Crippen molar-refractivity contribution in [1.29, 1.82) is 0 Å². The Balaban J connectivity index is 2.96. The minimum atomic E-state index is -4.08. The third kappa shape index (κ3) is 4.68. The van der Waals surface area contributed by atoms with Crippen molar-refractivity contribution in [2.24, 2.45) is 5.92 Å². The summed E-state index contributed by atoms with van der Waals surface area (Å²) >= 11 is 5.65. The molecule has 0 aliphatic heterocycles. The largest absolute Gasteiger partial charge is 0.287 e. The molecule has 0 unspecified atom stereocenters. The van der Waals surface area contributed by atoms with Gasteiger partial charge in [0, 0.05) is 12.5 Å². The Kier molecular flexibility index (Phi) is 5.68. The fraction of sp³-hybridized carbons (Fsp3) is 0.417. The van der Waals surface area contributed by atoms with Crippen LogP contribution in [0.2, 0.25) is 5.02 Å². The Morgan fingerprint density at radius 1 is 1.48 bits per heavy atom. The van der Waals surface area contributed by atoms with Crippen LogP contribution in [0.15, 0.2) is 23.1 Å². The van der Waals surface area contributed by atoms with Gasteiger partial charge < -0.3 is 0 Å². The van der Waals surface area contributed by atoms with Crippen molar-refractivity contribution < 1.29 is 18.1 Å². The molecule has 0 aliphatic carbocycles. The van der Waals surface area contributed by atoms with Crippen molar-refractivity contribution in [2.45, 2.75) is 31.6 Å². The number of amides is 1. The minimum Gasteiger partial charge on any atom is -0.274 e. The number of sulfonamides is 1. The lowest BCUT2D eigenvalue weighted by Crippen LogP contribution is -2.31. The smallest absolute Gasteiger partial charge is 0.274 e. The van der Waals surface area contributed by atoms with Crippen molar-refractivity contribution in [3.63, 3.8) is 0 Å². The fourth-order valence-electron chi connectivity index (χ4n) is 1.51. The van der Waals surface area contributed by atoms with Gasteiger partial charge in [-0.15, -0.1) is 0 Å². The predicted molar refractivity (Wildman–Crippen MR) is 77.5 cm³/mol. The number of nitro groups is 1. The lowest BCUT2D eigenvalue weighted by molar-refractivity contribution is -0.384. The first-order valence-electron chi connectivity index (χ1n) is 6.17. The molecule has 0 aliphatic rings. The Labute approximate surface area is 127 Å². The Morgan fingerprint density at radius 2 is 2.10 bits per heavy atom. The molecule has 0 heterocycles. The van der Waals surface area contributed by atoms with Gasteiger partial charge in [-0.05, 0) is 18.1 Å². The third-order valence-corrected chi connectivity index (χ3v) is 4.58. The fourth-order valence-corrected chi connectivity index (χ4v) is 2.85. The van der Waals surface area contributed by atoms with E-state index in [-0.39, 0.29) is 22.3 Å². The number of carbonyl (C=O) groups is 1. The number of nitrogens with zero attached hydrogens (tertiary/aromatic N) is 1. The molecule has 1 atom stereocenters. The van der Waals surface area contributed by atoms with E-state index in [0.717, 1.165) is 24.6 Å². The van der Waals surface area contributed by atoms with E-state index in [1.165, 1.54) is 0 Å². The standard InChI is InChI=1S/C12H15ClN2O5S/c1-3-8(2)6-12(16)14-21(19,20)9-4-5-11(15(17)18)10(13)7-9/h4-5,7-8H,3,6H2,1-2H3,(H,14,16)/t8-/m0/s1. The van der Waals surface area contributed by atoms with Gasteiger partial charge in [0.1, 0.15) is 5.02 Å². The van der Waals surface area contributed by atoms with Crippen molar-refractivity contribution in [3.05, 3.63) is 33.3 Å². The number of nitrogens with one attached hydrogen (secondary N) is 1. The highest BCUT2D eigenvalue weighted by Crippen LogP contribution is 2.26. The lowest BCUT2D eigenvalue weighted by Gasteiger charge is -2.10. The number of benzene rings is 1. The molecule has 0 spiro atoms. The Bertz CT molecular complexity index is 660. The molecular weight excluding hydrogens is 320 g/mol. The van der Waals surface area contributed by atoms with E-state index in [0.29, 0.717) is 0 Å². The van der Waals surface area contributed by atoms with Gasteiger partial charge in [0.05, 0.1) is 9.82 Å². The van der Waals surface area contributed by atoms with Gasteiger partial charge in [0.2, 0.25) is 5.91 Å². The molecule has 0 saturated carbocycles. The second-order valence-corrected chi connectivity index (χ2v) is 6.71. The molecule has 0 bridgehead atoms. The summed E-state index contributed by atoms with van der Waals surface area (Å²) in [6.45, 7) is 3.72. The summed E-state index contributed by atoms with van der Waals surface area (Å²) in [5, 5.41) is 10.3. The molecule has 116 valence electrons. The minimum absolute atomic E-state index is 0.0562. The molecule has 1 aromatic rings. The Morgan fingerprint density at radius 3 is 2.57 bits per heavy atom. The summed E-state index contributed by atoms with van der Waals surface area (Å²) in [7, 11) is -4.08. The van der Waals surface area contributed by atoms with E-state index in [1.54, 1.807) is 0 Å². The number of hydrogen-bond donors (Lipinski definition) is 1. The van der Waals surface area contributed by atoms with Gasteiger partial charge in [-0.2, -0.15) is 0 Å². The van der Waals surface area contributed by atoms with Crippen LogP contribution in [0.5, 0.6) is 0 Å². The van der Waals surface area contributed by atoms with Gasteiger partial charge in [-0.3, -0.25) is 14.9 Å². The van der Waals surface area contributed by atoms with E-state index in [9.17, 15) is 23.3 Å². The van der Waals surface area contributed by atoms with Crippen LogP contribution in [0, 0.1) is 16.0 Å². The van der Waals surface area contributed by atoms with Gasteiger partial charge in [-0.25, -0.2) is 13.1 Å². The summed E-state index contributed by atoms with van der Waals surface area (Å²) in [4.78, 5) is 21.2. The first-order valence-corrected chi connectivity index (χ1v) is 8.03. The zero-order valence-corrected chi connectivity index (χ0v) is 13.1. The Hall–Kier alpha value is -1.67. The van der Waals surface area contributed by atoms with Gasteiger partial charge >= 0.3 is 0 Å². The molecule has 1 N–H and O–H groups in total. The highest BCUT2D eigenvalue weighted by atomic mass is 35.5. The van der Waals surface area contributed by atoms with Crippen LogP contribution in [0.1, 0.15) is 26.7 Å². The van der Waals surface area contributed by atoms with E-state index >= 15 is 0 Å². The van der Waals surface area contributed by atoms with E-state index in [1.807, 2.05) is 18.6 Å². The van der Waals surface area contributed by atoms with Crippen molar-refractivity contribution in [3.8, 4) is 0 Å². The number of halogens is 1. The first-order chi connectivity index (χ1) is 9.67. The van der Waals surface area contributed by atoms with Gasteiger partial charge in [-0.1, -0.05) is 31.9 Å². The van der Waals surface area contributed by atoms with Crippen LogP contribution in [0.4, 0.5) is 5.69 Å². The molecule has 9 heteroatoms. The van der Waals surface area contributed by atoms with E-state index < -0.39 is 26.5 Å². The lowest BCUT2D eigenvalue weighted by atomic mass is 10.1. The maximum atomic E-state index is 12.0. The van der Waals surface area contributed by atoms with Crippen LogP contribution >= 0.6 is 11.6 Å². The average Bonchev–Trinajstić information content (AvgIpc) is 2.37. The predicted octanol–water partition coefficient (Wildman–Crippen LogP) is 2.49. The summed E-state index contributed by atoms with van der Waals surface area (Å²) in [5.41, 5.74) is -0.401.